The second-order valence-electron chi connectivity index (χ2n) is 4.07. The van der Waals surface area contributed by atoms with Crippen LogP contribution in [-0.4, -0.2) is 11.8 Å². The van der Waals surface area contributed by atoms with E-state index in [1.165, 1.54) is 24.5 Å². The van der Waals surface area contributed by atoms with Crippen LogP contribution in [0.4, 0.5) is 4.39 Å². The minimum absolute atomic E-state index is 0.0206. The highest BCUT2D eigenvalue weighted by Crippen LogP contribution is 2.18. The zero-order valence-electron chi connectivity index (χ0n) is 10.8. The fourth-order valence-electron chi connectivity index (χ4n) is 1.60. The first-order valence-electron chi connectivity index (χ1n) is 5.81. The first kappa shape index (κ1) is 14.5. The highest BCUT2D eigenvalue weighted by molar-refractivity contribution is 5.93. The lowest BCUT2D eigenvalue weighted by Crippen LogP contribution is -2.29. The standard InChI is InChI=1S/C13H12FN3O4/c14-11-4-8(1-2-10(11)12(15)18)21-6-9-3-7(5-20-9)13(19)17-16/h1-5H,6,16H2,(H2,15,18)(H,17,19). The van der Waals surface area contributed by atoms with Crippen molar-refractivity contribution in [1.82, 2.24) is 5.43 Å². The molecule has 21 heavy (non-hydrogen) atoms. The number of hydrogen-bond acceptors (Lipinski definition) is 5. The van der Waals surface area contributed by atoms with Crippen molar-refractivity contribution in [2.75, 3.05) is 0 Å². The summed E-state index contributed by atoms with van der Waals surface area (Å²) in [6.45, 7) is -0.0206. The first-order chi connectivity index (χ1) is 10.0. The SMILES string of the molecule is NNC(=O)c1coc(COc2ccc(C(N)=O)c(F)c2)c1. The van der Waals surface area contributed by atoms with E-state index in [0.29, 0.717) is 5.76 Å². The highest BCUT2D eigenvalue weighted by atomic mass is 19.1. The van der Waals surface area contributed by atoms with Crippen LogP contribution in [0, 0.1) is 5.82 Å². The lowest BCUT2D eigenvalue weighted by Gasteiger charge is -2.05. The Morgan fingerprint density at radius 2 is 2.10 bits per heavy atom. The smallest absolute Gasteiger partial charge is 0.268 e. The van der Waals surface area contributed by atoms with Crippen LogP contribution in [0.15, 0.2) is 34.9 Å². The number of rotatable bonds is 5. The van der Waals surface area contributed by atoms with E-state index < -0.39 is 17.6 Å². The summed E-state index contributed by atoms with van der Waals surface area (Å²) in [5.41, 5.74) is 6.97. The zero-order chi connectivity index (χ0) is 15.4. The highest BCUT2D eigenvalue weighted by Gasteiger charge is 2.11. The minimum atomic E-state index is -0.859. The molecule has 0 radical (unpaired) electrons. The molecule has 0 aliphatic rings. The Morgan fingerprint density at radius 1 is 1.33 bits per heavy atom. The summed E-state index contributed by atoms with van der Waals surface area (Å²) in [4.78, 5) is 22.1. The molecule has 0 unspecified atom stereocenters. The van der Waals surface area contributed by atoms with Gasteiger partial charge in [-0.05, 0) is 18.2 Å². The number of nitrogens with one attached hydrogen (secondary N) is 1. The molecule has 0 saturated heterocycles. The van der Waals surface area contributed by atoms with Gasteiger partial charge in [-0.25, -0.2) is 10.2 Å². The Balaban J connectivity index is 2.03. The maximum absolute atomic E-state index is 13.5. The molecule has 7 nitrogen and oxygen atoms in total. The maximum Gasteiger partial charge on any atom is 0.268 e. The molecule has 8 heteroatoms. The topological polar surface area (TPSA) is 121 Å². The molecule has 5 N–H and O–H groups in total. The van der Waals surface area contributed by atoms with Crippen LogP contribution in [0.1, 0.15) is 26.5 Å². The van der Waals surface area contributed by atoms with Gasteiger partial charge in [-0.2, -0.15) is 0 Å². The molecule has 1 heterocycles. The van der Waals surface area contributed by atoms with Gasteiger partial charge in [-0.15, -0.1) is 0 Å². The van der Waals surface area contributed by atoms with Crippen LogP contribution in [0.25, 0.3) is 0 Å². The third kappa shape index (κ3) is 3.37. The summed E-state index contributed by atoms with van der Waals surface area (Å²) < 4.78 is 23.9. The Labute approximate surface area is 118 Å². The number of hydrogen-bond donors (Lipinski definition) is 3. The van der Waals surface area contributed by atoms with Crippen molar-refractivity contribution >= 4 is 11.8 Å². The van der Waals surface area contributed by atoms with Crippen molar-refractivity contribution in [3.8, 4) is 5.75 Å². The number of nitrogen functional groups attached to an aromatic ring is 1. The van der Waals surface area contributed by atoms with E-state index in [1.54, 1.807) is 0 Å². The second-order valence-corrected chi connectivity index (χ2v) is 4.07. The van der Waals surface area contributed by atoms with Gasteiger partial charge in [0.2, 0.25) is 0 Å². The van der Waals surface area contributed by atoms with Gasteiger partial charge in [0.15, 0.2) is 0 Å². The van der Waals surface area contributed by atoms with E-state index in [2.05, 4.69) is 0 Å². The fraction of sp³-hybridized carbons (Fsp3) is 0.0769. The number of ether oxygens (including phenoxy) is 1. The maximum atomic E-state index is 13.5. The monoisotopic (exact) mass is 293 g/mol. The largest absolute Gasteiger partial charge is 0.486 e. The van der Waals surface area contributed by atoms with Crippen LogP contribution < -0.4 is 21.7 Å². The van der Waals surface area contributed by atoms with E-state index in [1.807, 2.05) is 5.43 Å². The molecule has 0 atom stereocenters. The quantitative estimate of drug-likeness (QED) is 0.425. The predicted molar refractivity (Wildman–Crippen MR) is 69.6 cm³/mol. The number of carbonyl (C=O) groups is 2. The molecule has 0 aliphatic carbocycles. The van der Waals surface area contributed by atoms with Crippen LogP contribution in [-0.2, 0) is 6.61 Å². The van der Waals surface area contributed by atoms with Crippen LogP contribution in [0.3, 0.4) is 0 Å². The van der Waals surface area contributed by atoms with Crippen molar-refractivity contribution in [2.45, 2.75) is 6.61 Å². The van der Waals surface area contributed by atoms with Crippen LogP contribution >= 0.6 is 0 Å². The van der Waals surface area contributed by atoms with E-state index in [-0.39, 0.29) is 23.5 Å². The van der Waals surface area contributed by atoms with E-state index in [9.17, 15) is 14.0 Å². The molecular weight excluding hydrogens is 281 g/mol. The number of furan rings is 1. The van der Waals surface area contributed by atoms with Gasteiger partial charge in [0.1, 0.15) is 30.2 Å². The summed E-state index contributed by atoms with van der Waals surface area (Å²) in [5.74, 6) is 3.40. The first-order valence-corrected chi connectivity index (χ1v) is 5.81. The average molecular weight is 293 g/mol. The molecule has 0 spiro atoms. The molecule has 1 aromatic heterocycles. The molecule has 0 bridgehead atoms. The van der Waals surface area contributed by atoms with Crippen molar-refractivity contribution < 1.29 is 23.1 Å². The summed E-state index contributed by atoms with van der Waals surface area (Å²) in [7, 11) is 0. The zero-order valence-corrected chi connectivity index (χ0v) is 10.8. The normalized spacial score (nSPS) is 10.2. The van der Waals surface area contributed by atoms with Gasteiger partial charge < -0.3 is 14.9 Å². The number of amides is 2. The molecule has 0 aliphatic heterocycles. The Hall–Kier alpha value is -2.87. The van der Waals surface area contributed by atoms with Gasteiger partial charge in [-0.1, -0.05) is 0 Å². The molecular formula is C13H12FN3O4. The average Bonchev–Trinajstić information content (AvgIpc) is 2.92. The summed E-state index contributed by atoms with van der Waals surface area (Å²) in [6, 6.07) is 5.11. The molecule has 1 aromatic carbocycles. The lowest BCUT2D eigenvalue weighted by atomic mass is 10.2. The third-order valence-electron chi connectivity index (χ3n) is 2.63. The van der Waals surface area contributed by atoms with Crippen LogP contribution in [0.2, 0.25) is 0 Å². The van der Waals surface area contributed by atoms with Gasteiger partial charge >= 0.3 is 0 Å². The molecule has 2 rings (SSSR count). The summed E-state index contributed by atoms with van der Waals surface area (Å²) in [6.07, 6.45) is 1.22. The van der Waals surface area contributed by atoms with Crippen molar-refractivity contribution in [2.24, 2.45) is 11.6 Å². The number of hydrazine groups is 1. The van der Waals surface area contributed by atoms with Crippen LogP contribution in [0.5, 0.6) is 5.75 Å². The minimum Gasteiger partial charge on any atom is -0.486 e. The number of primary amides is 1. The molecule has 2 aromatic rings. The fourth-order valence-corrected chi connectivity index (χ4v) is 1.60. The van der Waals surface area contributed by atoms with E-state index in [0.717, 1.165) is 6.07 Å². The Morgan fingerprint density at radius 3 is 2.71 bits per heavy atom. The second kappa shape index (κ2) is 6.06. The number of carbonyl (C=O) groups excluding carboxylic acids is 2. The number of benzene rings is 1. The van der Waals surface area contributed by atoms with Gasteiger partial charge in [0, 0.05) is 6.07 Å². The Kier molecular flexibility index (Phi) is 4.19. The van der Waals surface area contributed by atoms with E-state index >= 15 is 0 Å². The molecule has 110 valence electrons. The molecule has 2 amide bonds. The van der Waals surface area contributed by atoms with E-state index in [4.69, 9.17) is 20.7 Å². The lowest BCUT2D eigenvalue weighted by molar-refractivity contribution is 0.0951. The molecule has 0 saturated carbocycles. The molecule has 0 fully saturated rings. The predicted octanol–water partition coefficient (Wildman–Crippen LogP) is 0.700. The Bertz CT molecular complexity index is 684. The van der Waals surface area contributed by atoms with Crippen molar-refractivity contribution in [1.29, 1.82) is 0 Å². The summed E-state index contributed by atoms with van der Waals surface area (Å²) >= 11 is 0. The van der Waals surface area contributed by atoms with Gasteiger partial charge in [-0.3, -0.25) is 15.0 Å². The van der Waals surface area contributed by atoms with Crippen molar-refractivity contribution in [3.05, 3.63) is 53.2 Å². The van der Waals surface area contributed by atoms with Crippen molar-refractivity contribution in [3.63, 3.8) is 0 Å². The number of halogens is 1. The van der Waals surface area contributed by atoms with Gasteiger partial charge in [0.05, 0.1) is 11.1 Å². The van der Waals surface area contributed by atoms with Gasteiger partial charge in [0.25, 0.3) is 11.8 Å². The third-order valence-corrected chi connectivity index (χ3v) is 2.63. The summed E-state index contributed by atoms with van der Waals surface area (Å²) in [5, 5.41) is 0. The number of nitrogens with two attached hydrogens (primary N) is 2.